The van der Waals surface area contributed by atoms with Crippen LogP contribution in [-0.2, 0) is 0 Å². The molecule has 0 atom stereocenters. The molecule has 0 unspecified atom stereocenters. The lowest BCUT2D eigenvalue weighted by molar-refractivity contribution is 0.100. The normalized spacial score (nSPS) is 10.8. The maximum absolute atomic E-state index is 11.5. The van der Waals surface area contributed by atoms with Crippen molar-refractivity contribution in [2.24, 2.45) is 5.73 Å². The molecule has 0 aliphatic rings. The number of nitrogens with two attached hydrogens (primary N) is 1. The summed E-state index contributed by atoms with van der Waals surface area (Å²) >= 11 is 0. The second kappa shape index (κ2) is 4.20. The molecule has 0 fully saturated rings. The maximum Gasteiger partial charge on any atom is 0.250 e. The van der Waals surface area contributed by atoms with Gasteiger partial charge in [-0.05, 0) is 31.2 Å². The Morgan fingerprint density at radius 2 is 2.11 bits per heavy atom. The van der Waals surface area contributed by atoms with Crippen LogP contribution in [0.3, 0.4) is 0 Å². The zero-order valence-electron chi connectivity index (χ0n) is 10.3. The van der Waals surface area contributed by atoms with Crippen LogP contribution in [-0.4, -0.2) is 20.9 Å². The number of nitrogens with one attached hydrogen (secondary N) is 1. The summed E-state index contributed by atoms with van der Waals surface area (Å²) in [6, 6.07) is 7.23. The number of pyridine rings is 2. The van der Waals surface area contributed by atoms with Crippen LogP contribution in [0.4, 0.5) is 0 Å². The van der Waals surface area contributed by atoms with Crippen molar-refractivity contribution in [1.29, 1.82) is 0 Å². The van der Waals surface area contributed by atoms with Gasteiger partial charge < -0.3 is 10.7 Å². The van der Waals surface area contributed by atoms with Gasteiger partial charge in [-0.3, -0.25) is 9.78 Å². The van der Waals surface area contributed by atoms with Crippen LogP contribution in [0.1, 0.15) is 16.1 Å². The number of amides is 1. The van der Waals surface area contributed by atoms with E-state index in [9.17, 15) is 4.79 Å². The first-order valence-electron chi connectivity index (χ1n) is 5.87. The molecule has 3 aromatic heterocycles. The van der Waals surface area contributed by atoms with Crippen molar-refractivity contribution in [3.8, 4) is 11.3 Å². The number of aromatic amines is 1. The molecule has 19 heavy (non-hydrogen) atoms. The lowest BCUT2D eigenvalue weighted by atomic mass is 10.0. The Hall–Kier alpha value is -2.69. The zero-order valence-corrected chi connectivity index (χ0v) is 10.3. The summed E-state index contributed by atoms with van der Waals surface area (Å²) in [5.74, 6) is -0.483. The number of nitrogens with zero attached hydrogens (tertiary/aromatic N) is 2. The number of primary amides is 1. The standard InChI is InChI=1S/C14H12N4O/c1-8-2-3-11(13(15)19)12(18-8)9-4-6-16-14-10(9)5-7-17-14/h2-7H,1H3,(H2,15,19)(H,16,17). The molecule has 0 bridgehead atoms. The lowest BCUT2D eigenvalue weighted by Crippen LogP contribution is -2.13. The number of H-pyrrole nitrogens is 1. The molecule has 0 radical (unpaired) electrons. The number of aryl methyl sites for hydroxylation is 1. The number of rotatable bonds is 2. The summed E-state index contributed by atoms with van der Waals surface area (Å²) in [5, 5.41) is 0.920. The van der Waals surface area contributed by atoms with Crippen molar-refractivity contribution in [3.63, 3.8) is 0 Å². The molecular weight excluding hydrogens is 240 g/mol. The highest BCUT2D eigenvalue weighted by molar-refractivity contribution is 6.03. The van der Waals surface area contributed by atoms with Crippen LogP contribution in [0.2, 0.25) is 0 Å². The molecule has 0 saturated carbocycles. The van der Waals surface area contributed by atoms with Crippen molar-refractivity contribution in [2.75, 3.05) is 0 Å². The fraction of sp³-hybridized carbons (Fsp3) is 0.0714. The van der Waals surface area contributed by atoms with E-state index in [1.54, 1.807) is 24.5 Å². The number of aromatic nitrogens is 3. The van der Waals surface area contributed by atoms with Gasteiger partial charge in [-0.2, -0.15) is 0 Å². The second-order valence-corrected chi connectivity index (χ2v) is 4.31. The van der Waals surface area contributed by atoms with E-state index in [1.165, 1.54) is 0 Å². The molecule has 3 N–H and O–H groups in total. The fourth-order valence-electron chi connectivity index (χ4n) is 2.13. The smallest absolute Gasteiger partial charge is 0.250 e. The Balaban J connectivity index is 2.35. The first-order valence-corrected chi connectivity index (χ1v) is 5.87. The van der Waals surface area contributed by atoms with E-state index >= 15 is 0 Å². The summed E-state index contributed by atoms with van der Waals surface area (Å²) in [6.45, 7) is 1.88. The number of fused-ring (bicyclic) bond motifs is 1. The van der Waals surface area contributed by atoms with Gasteiger partial charge in [-0.25, -0.2) is 4.98 Å². The van der Waals surface area contributed by atoms with Crippen LogP contribution in [0.15, 0.2) is 36.7 Å². The predicted octanol–water partition coefficient (Wildman–Crippen LogP) is 2.03. The Labute approximate surface area is 109 Å². The van der Waals surface area contributed by atoms with Gasteiger partial charge in [0.15, 0.2) is 0 Å². The van der Waals surface area contributed by atoms with Crippen LogP contribution in [0.5, 0.6) is 0 Å². The van der Waals surface area contributed by atoms with E-state index in [-0.39, 0.29) is 0 Å². The highest BCUT2D eigenvalue weighted by Gasteiger charge is 2.14. The van der Waals surface area contributed by atoms with Gasteiger partial charge in [-0.15, -0.1) is 0 Å². The van der Waals surface area contributed by atoms with E-state index in [1.807, 2.05) is 19.1 Å². The number of carbonyl (C=O) groups is 1. The highest BCUT2D eigenvalue weighted by Crippen LogP contribution is 2.28. The maximum atomic E-state index is 11.5. The third-order valence-corrected chi connectivity index (χ3v) is 3.02. The third-order valence-electron chi connectivity index (χ3n) is 3.02. The van der Waals surface area contributed by atoms with Crippen molar-refractivity contribution in [1.82, 2.24) is 15.0 Å². The van der Waals surface area contributed by atoms with Crippen molar-refractivity contribution < 1.29 is 4.79 Å². The molecule has 1 amide bonds. The van der Waals surface area contributed by atoms with Crippen LogP contribution in [0.25, 0.3) is 22.3 Å². The van der Waals surface area contributed by atoms with E-state index < -0.39 is 5.91 Å². The van der Waals surface area contributed by atoms with Gasteiger partial charge in [0.2, 0.25) is 0 Å². The first kappa shape index (κ1) is 11.4. The molecule has 0 aromatic carbocycles. The van der Waals surface area contributed by atoms with Crippen molar-refractivity contribution >= 4 is 16.9 Å². The Morgan fingerprint density at radius 1 is 1.26 bits per heavy atom. The molecule has 5 nitrogen and oxygen atoms in total. The van der Waals surface area contributed by atoms with Crippen LogP contribution < -0.4 is 5.73 Å². The minimum Gasteiger partial charge on any atom is -0.366 e. The summed E-state index contributed by atoms with van der Waals surface area (Å²) in [4.78, 5) is 23.3. The lowest BCUT2D eigenvalue weighted by Gasteiger charge is -2.08. The minimum atomic E-state index is -0.483. The Kier molecular flexibility index (Phi) is 2.52. The van der Waals surface area contributed by atoms with Gasteiger partial charge in [0.1, 0.15) is 5.65 Å². The van der Waals surface area contributed by atoms with Gasteiger partial charge in [-0.1, -0.05) is 0 Å². The third kappa shape index (κ3) is 1.85. The second-order valence-electron chi connectivity index (χ2n) is 4.31. The van der Waals surface area contributed by atoms with Gasteiger partial charge in [0.25, 0.3) is 5.91 Å². The SMILES string of the molecule is Cc1ccc(C(N)=O)c(-c2ccnc3[nH]ccc23)n1. The number of carbonyl (C=O) groups excluding carboxylic acids is 1. The molecule has 0 saturated heterocycles. The average molecular weight is 252 g/mol. The summed E-state index contributed by atoms with van der Waals surface area (Å²) < 4.78 is 0. The molecule has 0 spiro atoms. The zero-order chi connectivity index (χ0) is 13.4. The highest BCUT2D eigenvalue weighted by atomic mass is 16.1. The minimum absolute atomic E-state index is 0.416. The van der Waals surface area contributed by atoms with E-state index in [0.717, 1.165) is 22.3 Å². The summed E-state index contributed by atoms with van der Waals surface area (Å²) in [6.07, 6.45) is 3.49. The van der Waals surface area contributed by atoms with Gasteiger partial charge in [0, 0.05) is 29.0 Å². The van der Waals surface area contributed by atoms with E-state index in [4.69, 9.17) is 5.73 Å². The molecule has 0 aliphatic heterocycles. The van der Waals surface area contributed by atoms with Crippen LogP contribution in [0, 0.1) is 6.92 Å². The topological polar surface area (TPSA) is 84.7 Å². The first-order chi connectivity index (χ1) is 9.16. The fourth-order valence-corrected chi connectivity index (χ4v) is 2.13. The average Bonchev–Trinajstić information content (AvgIpc) is 2.86. The van der Waals surface area contributed by atoms with Gasteiger partial charge >= 0.3 is 0 Å². The largest absolute Gasteiger partial charge is 0.366 e. The molecule has 3 rings (SSSR count). The predicted molar refractivity (Wildman–Crippen MR) is 72.6 cm³/mol. The van der Waals surface area contributed by atoms with Crippen molar-refractivity contribution in [2.45, 2.75) is 6.92 Å². The number of hydrogen-bond donors (Lipinski definition) is 2. The molecule has 5 heteroatoms. The Morgan fingerprint density at radius 3 is 2.89 bits per heavy atom. The summed E-state index contributed by atoms with van der Waals surface area (Å²) in [7, 11) is 0. The van der Waals surface area contributed by atoms with Crippen LogP contribution >= 0.6 is 0 Å². The molecule has 0 aliphatic carbocycles. The summed E-state index contributed by atoms with van der Waals surface area (Å²) in [5.41, 5.74) is 8.88. The monoisotopic (exact) mass is 252 g/mol. The number of hydrogen-bond acceptors (Lipinski definition) is 3. The molecule has 3 aromatic rings. The Bertz CT molecular complexity index is 776. The van der Waals surface area contributed by atoms with E-state index in [0.29, 0.717) is 11.3 Å². The molecule has 3 heterocycles. The quantitative estimate of drug-likeness (QED) is 0.731. The van der Waals surface area contributed by atoms with Crippen molar-refractivity contribution in [3.05, 3.63) is 47.9 Å². The molecule has 94 valence electrons. The van der Waals surface area contributed by atoms with Gasteiger partial charge in [0.05, 0.1) is 11.3 Å². The molecular formula is C14H12N4O. The van der Waals surface area contributed by atoms with E-state index in [2.05, 4.69) is 15.0 Å².